The van der Waals surface area contributed by atoms with Crippen LogP contribution in [0.15, 0.2) is 33.0 Å². The number of ether oxygens (including phenoxy) is 1. The molecule has 152 valence electrons. The predicted molar refractivity (Wildman–Crippen MR) is 111 cm³/mol. The molecule has 3 N–H and O–H groups in total. The van der Waals surface area contributed by atoms with Crippen molar-refractivity contribution in [3.63, 3.8) is 0 Å². The van der Waals surface area contributed by atoms with Crippen LogP contribution in [0.25, 0.3) is 21.9 Å². The van der Waals surface area contributed by atoms with Gasteiger partial charge in [0.1, 0.15) is 28.6 Å². The molecule has 1 aliphatic heterocycles. The Kier molecular flexibility index (Phi) is 4.08. The molecule has 6 heteroatoms. The van der Waals surface area contributed by atoms with E-state index in [2.05, 4.69) is 0 Å². The quantitative estimate of drug-likeness (QED) is 0.332. The van der Waals surface area contributed by atoms with E-state index in [4.69, 9.17) is 9.15 Å². The summed E-state index contributed by atoms with van der Waals surface area (Å²) in [5.74, 6) is -0.592. The zero-order chi connectivity index (χ0) is 21.2. The molecule has 3 aromatic rings. The lowest BCUT2D eigenvalue weighted by Crippen LogP contribution is -2.29. The standard InChI is InChI=1S/C23H24O6/c1-10(2)6-7-12-8-13(24)19(25)22-16(12)20(26)17-14(29-22)9-15-18(21(17)27)23(4,5)11(3)28-15/h6,8-9,11,24-25,27H,7H2,1-5H3/t11-/m0/s1. The van der Waals surface area contributed by atoms with Crippen molar-refractivity contribution < 1.29 is 24.5 Å². The van der Waals surface area contributed by atoms with Crippen LogP contribution < -0.4 is 10.2 Å². The number of allylic oxidation sites excluding steroid dienone is 2. The normalized spacial score (nSPS) is 17.3. The number of hydrogen-bond donors (Lipinski definition) is 3. The van der Waals surface area contributed by atoms with Crippen LogP contribution in [0.4, 0.5) is 0 Å². The van der Waals surface area contributed by atoms with Crippen LogP contribution in [0.5, 0.6) is 23.0 Å². The molecule has 2 heterocycles. The topological polar surface area (TPSA) is 100 Å². The van der Waals surface area contributed by atoms with E-state index in [9.17, 15) is 20.1 Å². The molecule has 4 rings (SSSR count). The largest absolute Gasteiger partial charge is 0.507 e. The first-order valence-electron chi connectivity index (χ1n) is 9.54. The van der Waals surface area contributed by atoms with Crippen LogP contribution in [0.3, 0.4) is 0 Å². The average Bonchev–Trinajstić information content (AvgIpc) is 2.85. The molecule has 0 fully saturated rings. The summed E-state index contributed by atoms with van der Waals surface area (Å²) < 4.78 is 11.7. The predicted octanol–water partition coefficient (Wildman–Crippen LogP) is 4.63. The second kappa shape index (κ2) is 6.17. The summed E-state index contributed by atoms with van der Waals surface area (Å²) in [6.45, 7) is 9.65. The Morgan fingerprint density at radius 2 is 1.83 bits per heavy atom. The molecule has 0 radical (unpaired) electrons. The number of phenolic OH excluding ortho intramolecular Hbond substituents is 3. The van der Waals surface area contributed by atoms with E-state index >= 15 is 0 Å². The van der Waals surface area contributed by atoms with Crippen molar-refractivity contribution in [1.29, 1.82) is 0 Å². The van der Waals surface area contributed by atoms with Crippen LogP contribution in [-0.4, -0.2) is 21.4 Å². The zero-order valence-electron chi connectivity index (χ0n) is 17.1. The molecule has 0 saturated carbocycles. The second-order valence-corrected chi connectivity index (χ2v) is 8.48. The van der Waals surface area contributed by atoms with Crippen molar-refractivity contribution in [3.8, 4) is 23.0 Å². The summed E-state index contributed by atoms with van der Waals surface area (Å²) in [4.78, 5) is 13.5. The summed E-state index contributed by atoms with van der Waals surface area (Å²) in [5.41, 5.74) is 1.17. The summed E-state index contributed by atoms with van der Waals surface area (Å²) in [6.07, 6.45) is 2.09. The average molecular weight is 396 g/mol. The molecule has 29 heavy (non-hydrogen) atoms. The van der Waals surface area contributed by atoms with Gasteiger partial charge >= 0.3 is 0 Å². The smallest absolute Gasteiger partial charge is 0.204 e. The fraction of sp³-hybridized carbons (Fsp3) is 0.348. The third-order valence-corrected chi connectivity index (χ3v) is 5.91. The molecule has 6 nitrogen and oxygen atoms in total. The highest BCUT2D eigenvalue weighted by Crippen LogP contribution is 2.50. The number of hydrogen-bond acceptors (Lipinski definition) is 6. The Morgan fingerprint density at radius 3 is 2.48 bits per heavy atom. The number of fused-ring (bicyclic) bond motifs is 3. The Bertz CT molecular complexity index is 1260. The summed E-state index contributed by atoms with van der Waals surface area (Å²) >= 11 is 0. The second-order valence-electron chi connectivity index (χ2n) is 8.48. The van der Waals surface area contributed by atoms with Gasteiger partial charge in [0.15, 0.2) is 11.3 Å². The van der Waals surface area contributed by atoms with Crippen molar-refractivity contribution in [2.24, 2.45) is 0 Å². The molecule has 0 unspecified atom stereocenters. The highest BCUT2D eigenvalue weighted by Gasteiger charge is 2.42. The lowest BCUT2D eigenvalue weighted by molar-refractivity contribution is 0.185. The van der Waals surface area contributed by atoms with Gasteiger partial charge in [-0.15, -0.1) is 0 Å². The van der Waals surface area contributed by atoms with Gasteiger partial charge in [-0.2, -0.15) is 0 Å². The molecular formula is C23H24O6. The minimum Gasteiger partial charge on any atom is -0.507 e. The summed E-state index contributed by atoms with van der Waals surface area (Å²) in [6, 6.07) is 2.93. The Labute approximate surface area is 167 Å². The Hall–Kier alpha value is -3.15. The molecule has 2 aromatic carbocycles. The monoisotopic (exact) mass is 396 g/mol. The third kappa shape index (κ3) is 2.66. The molecular weight excluding hydrogens is 372 g/mol. The molecule has 0 amide bonds. The first-order valence-corrected chi connectivity index (χ1v) is 9.54. The lowest BCUT2D eigenvalue weighted by atomic mass is 9.80. The highest BCUT2D eigenvalue weighted by molar-refractivity contribution is 5.99. The zero-order valence-corrected chi connectivity index (χ0v) is 17.1. The van der Waals surface area contributed by atoms with Crippen LogP contribution in [0, 0.1) is 0 Å². The van der Waals surface area contributed by atoms with Gasteiger partial charge in [0, 0.05) is 17.0 Å². The molecule has 0 aliphatic carbocycles. The number of phenols is 3. The van der Waals surface area contributed by atoms with Crippen molar-refractivity contribution in [3.05, 3.63) is 45.1 Å². The van der Waals surface area contributed by atoms with Crippen molar-refractivity contribution in [2.45, 2.75) is 52.6 Å². The fourth-order valence-electron chi connectivity index (χ4n) is 3.92. The van der Waals surface area contributed by atoms with E-state index < -0.39 is 16.6 Å². The molecule has 1 aliphatic rings. The Morgan fingerprint density at radius 1 is 1.14 bits per heavy atom. The highest BCUT2D eigenvalue weighted by atomic mass is 16.5. The fourth-order valence-corrected chi connectivity index (χ4v) is 3.92. The van der Waals surface area contributed by atoms with Gasteiger partial charge in [0.2, 0.25) is 11.2 Å². The number of aromatic hydroxyl groups is 3. The van der Waals surface area contributed by atoms with Crippen molar-refractivity contribution in [1.82, 2.24) is 0 Å². The van der Waals surface area contributed by atoms with Gasteiger partial charge in [-0.3, -0.25) is 4.79 Å². The Balaban J connectivity index is 2.16. The molecule has 0 saturated heterocycles. The van der Waals surface area contributed by atoms with E-state index in [1.54, 1.807) is 6.07 Å². The third-order valence-electron chi connectivity index (χ3n) is 5.91. The number of benzene rings is 2. The maximum Gasteiger partial charge on any atom is 0.204 e. The minimum atomic E-state index is -0.505. The van der Waals surface area contributed by atoms with E-state index in [0.29, 0.717) is 23.3 Å². The first-order chi connectivity index (χ1) is 13.5. The number of rotatable bonds is 2. The van der Waals surface area contributed by atoms with Gasteiger partial charge in [-0.1, -0.05) is 25.5 Å². The van der Waals surface area contributed by atoms with Gasteiger partial charge in [-0.05, 0) is 38.8 Å². The van der Waals surface area contributed by atoms with Gasteiger partial charge in [0.05, 0.1) is 5.39 Å². The minimum absolute atomic E-state index is 0.0468. The summed E-state index contributed by atoms with van der Waals surface area (Å²) in [7, 11) is 0. The van der Waals surface area contributed by atoms with Crippen molar-refractivity contribution in [2.75, 3.05) is 0 Å². The van der Waals surface area contributed by atoms with Crippen LogP contribution in [0.1, 0.15) is 45.7 Å². The molecule has 0 bridgehead atoms. The van der Waals surface area contributed by atoms with Gasteiger partial charge in [0.25, 0.3) is 0 Å². The van der Waals surface area contributed by atoms with Crippen LogP contribution >= 0.6 is 0 Å². The molecule has 1 aromatic heterocycles. The van der Waals surface area contributed by atoms with Gasteiger partial charge < -0.3 is 24.5 Å². The lowest BCUT2D eigenvalue weighted by Gasteiger charge is -2.22. The van der Waals surface area contributed by atoms with Crippen LogP contribution in [0.2, 0.25) is 0 Å². The maximum absolute atomic E-state index is 13.5. The van der Waals surface area contributed by atoms with Crippen molar-refractivity contribution >= 4 is 21.9 Å². The SMILES string of the molecule is CC(C)=CCc1cc(O)c(O)c2oc3cc4c(c(O)c3c(=O)c12)C(C)(C)[C@H](C)O4. The van der Waals surface area contributed by atoms with E-state index in [1.807, 2.05) is 40.7 Å². The maximum atomic E-state index is 13.5. The van der Waals surface area contributed by atoms with Crippen LogP contribution in [-0.2, 0) is 11.8 Å². The first kappa shape index (κ1) is 19.2. The summed E-state index contributed by atoms with van der Waals surface area (Å²) in [5, 5.41) is 31.7. The molecule has 0 spiro atoms. The van der Waals surface area contributed by atoms with E-state index in [-0.39, 0.29) is 39.5 Å². The van der Waals surface area contributed by atoms with Gasteiger partial charge in [-0.25, -0.2) is 0 Å². The molecule has 1 atom stereocenters. The van der Waals surface area contributed by atoms with E-state index in [0.717, 1.165) is 5.57 Å². The van der Waals surface area contributed by atoms with E-state index in [1.165, 1.54) is 6.07 Å².